The van der Waals surface area contributed by atoms with Crippen molar-refractivity contribution in [1.82, 2.24) is 9.55 Å². The van der Waals surface area contributed by atoms with E-state index in [1.54, 1.807) is 0 Å². The van der Waals surface area contributed by atoms with Crippen molar-refractivity contribution in [2.75, 3.05) is 5.73 Å². The molecule has 0 amide bonds. The lowest BCUT2D eigenvalue weighted by Crippen LogP contribution is -1.96. The fraction of sp³-hybridized carbons (Fsp3) is 0.0417. The molecular formula is C24H19N3. The van der Waals surface area contributed by atoms with Crippen LogP contribution in [0.3, 0.4) is 0 Å². The summed E-state index contributed by atoms with van der Waals surface area (Å²) < 4.78 is 2.12. The molecule has 0 unspecified atom stereocenters. The minimum Gasteiger partial charge on any atom is -0.399 e. The van der Waals surface area contributed by atoms with Crippen molar-refractivity contribution in [3.8, 4) is 17.1 Å². The van der Waals surface area contributed by atoms with Gasteiger partial charge in [-0.25, -0.2) is 4.98 Å². The van der Waals surface area contributed by atoms with E-state index in [4.69, 9.17) is 10.7 Å². The zero-order chi connectivity index (χ0) is 18.4. The summed E-state index contributed by atoms with van der Waals surface area (Å²) in [4.78, 5) is 4.78. The maximum atomic E-state index is 5.84. The van der Waals surface area contributed by atoms with Crippen LogP contribution in [0, 0.1) is 6.92 Å². The van der Waals surface area contributed by atoms with Crippen LogP contribution in [0.1, 0.15) is 5.69 Å². The standard InChI is InChI=1S/C24H19N3/c1-16-15-27(21-11-9-20(25)10-12-21)24(26-16)19-8-13-23-18(14-19)7-6-17-4-2-3-5-22(17)23/h2-15H,25H2,1H3. The minimum absolute atomic E-state index is 0.759. The van der Waals surface area contributed by atoms with Gasteiger partial charge in [0.2, 0.25) is 0 Å². The second-order valence-electron chi connectivity index (χ2n) is 6.89. The number of anilines is 1. The molecule has 0 spiro atoms. The van der Waals surface area contributed by atoms with Gasteiger partial charge < -0.3 is 5.73 Å². The van der Waals surface area contributed by atoms with Gasteiger partial charge in [-0.2, -0.15) is 0 Å². The van der Waals surface area contributed by atoms with Gasteiger partial charge in [0.25, 0.3) is 0 Å². The van der Waals surface area contributed by atoms with Crippen molar-refractivity contribution in [3.63, 3.8) is 0 Å². The number of hydrogen-bond acceptors (Lipinski definition) is 2. The van der Waals surface area contributed by atoms with E-state index < -0.39 is 0 Å². The highest BCUT2D eigenvalue weighted by atomic mass is 15.1. The third-order valence-corrected chi connectivity index (χ3v) is 5.00. The molecule has 5 rings (SSSR count). The first-order chi connectivity index (χ1) is 13.2. The number of fused-ring (bicyclic) bond motifs is 3. The molecule has 3 heteroatoms. The number of nitrogens with two attached hydrogens (primary N) is 1. The van der Waals surface area contributed by atoms with Crippen LogP contribution in [0.5, 0.6) is 0 Å². The zero-order valence-corrected chi connectivity index (χ0v) is 15.1. The lowest BCUT2D eigenvalue weighted by Gasteiger charge is -2.10. The van der Waals surface area contributed by atoms with Crippen LogP contribution in [0.15, 0.2) is 85.1 Å². The summed E-state index contributed by atoms with van der Waals surface area (Å²) in [7, 11) is 0. The van der Waals surface area contributed by atoms with Crippen LogP contribution in [0.2, 0.25) is 0 Å². The molecule has 0 atom stereocenters. The SMILES string of the molecule is Cc1cn(-c2ccc(N)cc2)c(-c2ccc3c(ccc4ccccc43)c2)n1. The number of nitrogens with zero attached hydrogens (tertiary/aromatic N) is 2. The van der Waals surface area contributed by atoms with Crippen molar-refractivity contribution in [3.05, 3.63) is 90.8 Å². The highest BCUT2D eigenvalue weighted by Crippen LogP contribution is 2.30. The summed E-state index contributed by atoms with van der Waals surface area (Å²) >= 11 is 0. The molecule has 3 nitrogen and oxygen atoms in total. The number of aryl methyl sites for hydroxylation is 1. The van der Waals surface area contributed by atoms with E-state index in [-0.39, 0.29) is 0 Å². The van der Waals surface area contributed by atoms with Crippen molar-refractivity contribution >= 4 is 27.2 Å². The maximum Gasteiger partial charge on any atom is 0.144 e. The second kappa shape index (κ2) is 5.99. The van der Waals surface area contributed by atoms with E-state index in [1.807, 2.05) is 31.2 Å². The van der Waals surface area contributed by atoms with Crippen LogP contribution in [-0.2, 0) is 0 Å². The average molecular weight is 349 g/mol. The van der Waals surface area contributed by atoms with Gasteiger partial charge in [0.1, 0.15) is 5.82 Å². The van der Waals surface area contributed by atoms with Gasteiger partial charge in [0, 0.05) is 23.1 Å². The number of rotatable bonds is 2. The van der Waals surface area contributed by atoms with Gasteiger partial charge in [0.05, 0.1) is 5.69 Å². The number of hydrogen-bond donors (Lipinski definition) is 1. The van der Waals surface area contributed by atoms with Gasteiger partial charge in [-0.1, -0.05) is 48.5 Å². The Hall–Kier alpha value is -3.59. The molecule has 1 heterocycles. The Morgan fingerprint density at radius 3 is 2.37 bits per heavy atom. The summed E-state index contributed by atoms with van der Waals surface area (Å²) in [6.07, 6.45) is 2.06. The molecule has 27 heavy (non-hydrogen) atoms. The third kappa shape index (κ3) is 2.64. The van der Waals surface area contributed by atoms with Gasteiger partial charge in [-0.05, 0) is 58.8 Å². The lowest BCUT2D eigenvalue weighted by atomic mass is 10.00. The summed E-state index contributed by atoms with van der Waals surface area (Å²) in [5, 5.41) is 5.02. The number of aromatic nitrogens is 2. The minimum atomic E-state index is 0.759. The van der Waals surface area contributed by atoms with E-state index in [0.717, 1.165) is 28.5 Å². The molecular weight excluding hydrogens is 330 g/mol. The first kappa shape index (κ1) is 15.6. The van der Waals surface area contributed by atoms with E-state index >= 15 is 0 Å². The molecule has 0 fully saturated rings. The molecule has 0 bridgehead atoms. The molecule has 0 radical (unpaired) electrons. The Morgan fingerprint density at radius 1 is 0.778 bits per heavy atom. The molecule has 130 valence electrons. The highest BCUT2D eigenvalue weighted by Gasteiger charge is 2.11. The molecule has 0 saturated carbocycles. The summed E-state index contributed by atoms with van der Waals surface area (Å²) in [5.41, 5.74) is 9.74. The predicted octanol–water partition coefficient (Wildman–Crippen LogP) is 5.74. The van der Waals surface area contributed by atoms with Gasteiger partial charge in [-0.3, -0.25) is 4.57 Å². The molecule has 0 aliphatic carbocycles. The normalized spacial score (nSPS) is 11.3. The zero-order valence-electron chi connectivity index (χ0n) is 15.1. The first-order valence-corrected chi connectivity index (χ1v) is 9.03. The van der Waals surface area contributed by atoms with Crippen LogP contribution >= 0.6 is 0 Å². The molecule has 0 saturated heterocycles. The van der Waals surface area contributed by atoms with Gasteiger partial charge in [0.15, 0.2) is 0 Å². The topological polar surface area (TPSA) is 43.8 Å². The number of imidazole rings is 1. The quantitative estimate of drug-likeness (QED) is 0.326. The highest BCUT2D eigenvalue weighted by molar-refractivity contribution is 6.08. The van der Waals surface area contributed by atoms with Crippen LogP contribution in [0.25, 0.3) is 38.6 Å². The average Bonchev–Trinajstić information content (AvgIpc) is 3.09. The second-order valence-corrected chi connectivity index (χ2v) is 6.89. The summed E-state index contributed by atoms with van der Waals surface area (Å²) in [6.45, 7) is 2.02. The molecule has 0 aliphatic rings. The first-order valence-electron chi connectivity index (χ1n) is 9.03. The molecule has 2 N–H and O–H groups in total. The van der Waals surface area contributed by atoms with Crippen LogP contribution in [-0.4, -0.2) is 9.55 Å². The predicted molar refractivity (Wildman–Crippen MR) is 113 cm³/mol. The Kier molecular flexibility index (Phi) is 3.47. The Labute approximate surface area is 157 Å². The van der Waals surface area contributed by atoms with Crippen molar-refractivity contribution in [2.24, 2.45) is 0 Å². The number of nitrogen functional groups attached to an aromatic ring is 1. The van der Waals surface area contributed by atoms with Gasteiger partial charge >= 0.3 is 0 Å². The maximum absolute atomic E-state index is 5.84. The monoisotopic (exact) mass is 349 g/mol. The molecule has 0 aliphatic heterocycles. The van der Waals surface area contributed by atoms with Crippen LogP contribution in [0.4, 0.5) is 5.69 Å². The Balaban J connectivity index is 1.70. The molecule has 5 aromatic rings. The number of benzene rings is 4. The lowest BCUT2D eigenvalue weighted by molar-refractivity contribution is 1.07. The Morgan fingerprint density at radius 2 is 1.52 bits per heavy atom. The van der Waals surface area contributed by atoms with E-state index in [0.29, 0.717) is 0 Å². The van der Waals surface area contributed by atoms with E-state index in [9.17, 15) is 0 Å². The van der Waals surface area contributed by atoms with Crippen molar-refractivity contribution in [1.29, 1.82) is 0 Å². The van der Waals surface area contributed by atoms with E-state index in [2.05, 4.69) is 65.4 Å². The molecule has 1 aromatic heterocycles. The Bertz CT molecular complexity index is 1280. The molecule has 4 aromatic carbocycles. The summed E-state index contributed by atoms with van der Waals surface area (Å²) in [5.74, 6) is 0.937. The fourth-order valence-electron chi connectivity index (χ4n) is 3.69. The van der Waals surface area contributed by atoms with E-state index in [1.165, 1.54) is 21.5 Å². The largest absolute Gasteiger partial charge is 0.399 e. The van der Waals surface area contributed by atoms with Crippen molar-refractivity contribution in [2.45, 2.75) is 6.92 Å². The summed E-state index contributed by atoms with van der Waals surface area (Å²) in [6, 6.07) is 27.3. The van der Waals surface area contributed by atoms with Crippen molar-refractivity contribution < 1.29 is 0 Å². The van der Waals surface area contributed by atoms with Crippen LogP contribution < -0.4 is 5.73 Å². The fourth-order valence-corrected chi connectivity index (χ4v) is 3.69. The smallest absolute Gasteiger partial charge is 0.144 e. The third-order valence-electron chi connectivity index (χ3n) is 5.00. The van der Waals surface area contributed by atoms with Gasteiger partial charge in [-0.15, -0.1) is 0 Å².